The molecule has 3 amide bonds. The van der Waals surface area contributed by atoms with Crippen molar-refractivity contribution in [2.45, 2.75) is 20.0 Å². The third kappa shape index (κ3) is 9.69. The lowest BCUT2D eigenvalue weighted by atomic mass is 10.1. The van der Waals surface area contributed by atoms with Crippen LogP contribution in [-0.4, -0.2) is 51.5 Å². The number of aromatic nitrogens is 4. The lowest BCUT2D eigenvalue weighted by Gasteiger charge is -2.08. The van der Waals surface area contributed by atoms with Gasteiger partial charge in [-0.25, -0.2) is 0 Å². The number of methoxy groups -OCH3 is 2. The average molecular weight is 802 g/mol. The van der Waals surface area contributed by atoms with Crippen LogP contribution in [-0.2, 0) is 17.9 Å². The van der Waals surface area contributed by atoms with Gasteiger partial charge < -0.3 is 36.9 Å². The highest BCUT2D eigenvalue weighted by molar-refractivity contribution is 6.06. The molecule has 0 aliphatic rings. The highest BCUT2D eigenvalue weighted by Gasteiger charge is 2.12. The minimum absolute atomic E-state index is 0.118. The zero-order chi connectivity index (χ0) is 42.2. The van der Waals surface area contributed by atoms with Crippen molar-refractivity contribution in [3.8, 4) is 11.5 Å². The number of rotatable bonds is 11. The Hall–Kier alpha value is -8.13. The number of benzene rings is 6. The normalized spacial score (nSPS) is 10.7. The van der Waals surface area contributed by atoms with Crippen LogP contribution in [0.15, 0.2) is 140 Å². The van der Waals surface area contributed by atoms with Gasteiger partial charge in [0.05, 0.1) is 61.1 Å². The molecular weight excluding hydrogens is 759 g/mol. The molecule has 8 rings (SSSR count). The summed E-state index contributed by atoms with van der Waals surface area (Å²) in [4.78, 5) is 36.1. The monoisotopic (exact) mass is 801 g/mol. The number of para-hydroxylation sites is 4. The highest BCUT2D eigenvalue weighted by Crippen LogP contribution is 2.31. The molecule has 0 atom stereocenters. The molecule has 60 heavy (non-hydrogen) atoms. The van der Waals surface area contributed by atoms with Gasteiger partial charge in [0.1, 0.15) is 0 Å². The second-order valence-corrected chi connectivity index (χ2v) is 13.9. The number of nitrogens with two attached hydrogens (primary N) is 2. The van der Waals surface area contributed by atoms with E-state index in [9.17, 15) is 14.4 Å². The van der Waals surface area contributed by atoms with Gasteiger partial charge in [-0.2, -0.15) is 10.2 Å². The van der Waals surface area contributed by atoms with E-state index in [1.165, 1.54) is 6.92 Å². The molecule has 0 aliphatic carbocycles. The van der Waals surface area contributed by atoms with E-state index in [-0.39, 0.29) is 17.7 Å². The van der Waals surface area contributed by atoms with E-state index in [1.807, 2.05) is 101 Å². The van der Waals surface area contributed by atoms with Crippen molar-refractivity contribution in [3.05, 3.63) is 162 Å². The van der Waals surface area contributed by atoms with E-state index in [1.54, 1.807) is 62.8 Å². The molecule has 8 aromatic rings. The van der Waals surface area contributed by atoms with Crippen LogP contribution in [0, 0.1) is 0 Å². The molecule has 302 valence electrons. The molecule has 7 N–H and O–H groups in total. The minimum atomic E-state index is -0.213. The van der Waals surface area contributed by atoms with Crippen LogP contribution in [0.1, 0.15) is 38.8 Å². The maximum Gasteiger partial charge on any atom is 0.255 e. The van der Waals surface area contributed by atoms with Gasteiger partial charge in [0, 0.05) is 53.0 Å². The summed E-state index contributed by atoms with van der Waals surface area (Å²) in [5.41, 5.74) is 19.5. The standard InChI is InChI=1S/C23H21N5O2.C23H22N4O3/c1-15(29)25-19-11-10-18-14-28(27-22(18)12-19)13-16-6-8-17(9-7-16)23(30)26-21-5-3-2-4-20(21)24;1-29-21-11-17-14-27(26-20(17)12-22(21)30-2)13-15-7-9-16(10-8-15)23(28)25-19-6-4-3-5-18(19)24/h2-12,14H,13,24H2,1H3,(H,25,29)(H,26,30);3-12,14H,13,24H2,1-2H3,(H,25,28). The molecule has 6 aromatic carbocycles. The zero-order valence-corrected chi connectivity index (χ0v) is 33.2. The minimum Gasteiger partial charge on any atom is -0.493 e. The second kappa shape index (κ2) is 18.0. The van der Waals surface area contributed by atoms with Gasteiger partial charge in [0.25, 0.3) is 11.8 Å². The first kappa shape index (κ1) is 40.1. The summed E-state index contributed by atoms with van der Waals surface area (Å²) in [6.45, 7) is 2.62. The fourth-order valence-corrected chi connectivity index (χ4v) is 6.42. The first-order valence-corrected chi connectivity index (χ1v) is 18.9. The number of amides is 3. The van der Waals surface area contributed by atoms with Gasteiger partial charge >= 0.3 is 0 Å². The molecule has 0 spiro atoms. The molecule has 0 saturated carbocycles. The summed E-state index contributed by atoms with van der Waals surface area (Å²) >= 11 is 0. The molecule has 14 nitrogen and oxygen atoms in total. The molecule has 0 unspecified atom stereocenters. The molecule has 2 aromatic heterocycles. The summed E-state index contributed by atoms with van der Waals surface area (Å²) in [5, 5.41) is 19.5. The fraction of sp³-hybridized carbons (Fsp3) is 0.109. The fourth-order valence-electron chi connectivity index (χ4n) is 6.42. The van der Waals surface area contributed by atoms with Crippen molar-refractivity contribution in [3.63, 3.8) is 0 Å². The number of nitrogen functional groups attached to an aromatic ring is 2. The Labute approximate surface area is 345 Å². The third-order valence-electron chi connectivity index (χ3n) is 9.47. The third-order valence-corrected chi connectivity index (χ3v) is 9.47. The van der Waals surface area contributed by atoms with Crippen molar-refractivity contribution >= 4 is 68.0 Å². The Morgan fingerprint density at radius 1 is 0.567 bits per heavy atom. The summed E-state index contributed by atoms with van der Waals surface area (Å²) < 4.78 is 14.4. The second-order valence-electron chi connectivity index (χ2n) is 13.9. The van der Waals surface area contributed by atoms with E-state index in [0.717, 1.165) is 38.6 Å². The van der Waals surface area contributed by atoms with Crippen LogP contribution in [0.5, 0.6) is 11.5 Å². The summed E-state index contributed by atoms with van der Waals surface area (Å²) in [5.74, 6) is 0.773. The van der Waals surface area contributed by atoms with Crippen LogP contribution in [0.25, 0.3) is 21.8 Å². The number of hydrogen-bond acceptors (Lipinski definition) is 9. The van der Waals surface area contributed by atoms with E-state index < -0.39 is 0 Å². The maximum atomic E-state index is 12.5. The summed E-state index contributed by atoms with van der Waals surface area (Å²) in [6, 6.07) is 38.5. The number of nitrogens with zero attached hydrogens (tertiary/aromatic N) is 4. The molecule has 0 aliphatic heterocycles. The molecule has 14 heteroatoms. The van der Waals surface area contributed by atoms with E-state index in [2.05, 4.69) is 26.1 Å². The average Bonchev–Trinajstić information content (AvgIpc) is 3.84. The summed E-state index contributed by atoms with van der Waals surface area (Å²) in [6.07, 6.45) is 3.90. The number of carbonyl (C=O) groups excluding carboxylic acids is 3. The van der Waals surface area contributed by atoms with E-state index in [0.29, 0.717) is 58.5 Å². The molecule has 0 fully saturated rings. The largest absolute Gasteiger partial charge is 0.493 e. The first-order chi connectivity index (χ1) is 29.0. The highest BCUT2D eigenvalue weighted by atomic mass is 16.5. The van der Waals surface area contributed by atoms with E-state index >= 15 is 0 Å². The van der Waals surface area contributed by atoms with Crippen molar-refractivity contribution in [1.29, 1.82) is 0 Å². The number of nitrogens with one attached hydrogen (secondary N) is 3. The number of ether oxygens (including phenoxy) is 2. The molecule has 0 radical (unpaired) electrons. The van der Waals surface area contributed by atoms with Crippen LogP contribution in [0.3, 0.4) is 0 Å². The van der Waals surface area contributed by atoms with Crippen molar-refractivity contribution in [2.75, 3.05) is 41.6 Å². The lowest BCUT2D eigenvalue weighted by Crippen LogP contribution is -2.13. The van der Waals surface area contributed by atoms with E-state index in [4.69, 9.17) is 20.9 Å². The van der Waals surface area contributed by atoms with Crippen molar-refractivity contribution in [2.24, 2.45) is 0 Å². The van der Waals surface area contributed by atoms with Crippen molar-refractivity contribution < 1.29 is 23.9 Å². The van der Waals surface area contributed by atoms with Gasteiger partial charge in [-0.1, -0.05) is 48.5 Å². The number of hydrogen-bond donors (Lipinski definition) is 5. The maximum absolute atomic E-state index is 12.5. The van der Waals surface area contributed by atoms with Crippen LogP contribution >= 0.6 is 0 Å². The molecule has 2 heterocycles. The van der Waals surface area contributed by atoms with Crippen molar-refractivity contribution in [1.82, 2.24) is 19.6 Å². The van der Waals surface area contributed by atoms with Crippen LogP contribution in [0.2, 0.25) is 0 Å². The molecule has 0 saturated heterocycles. The van der Waals surface area contributed by atoms with Gasteiger partial charge in [0.15, 0.2) is 11.5 Å². The predicted octanol–water partition coefficient (Wildman–Crippen LogP) is 7.81. The predicted molar refractivity (Wildman–Crippen MR) is 236 cm³/mol. The summed E-state index contributed by atoms with van der Waals surface area (Å²) in [7, 11) is 3.21. The smallest absolute Gasteiger partial charge is 0.255 e. The number of fused-ring (bicyclic) bond motifs is 2. The van der Waals surface area contributed by atoms with Gasteiger partial charge in [-0.05, 0) is 83.9 Å². The van der Waals surface area contributed by atoms with Gasteiger partial charge in [0.2, 0.25) is 5.91 Å². The molecule has 0 bridgehead atoms. The van der Waals surface area contributed by atoms with Gasteiger partial charge in [-0.3, -0.25) is 23.7 Å². The zero-order valence-electron chi connectivity index (χ0n) is 33.2. The van der Waals surface area contributed by atoms with Gasteiger partial charge in [-0.15, -0.1) is 0 Å². The SMILES string of the molecule is CC(=O)Nc1ccc2cn(Cc3ccc(C(=O)Nc4ccccc4N)cc3)nc2c1.COc1cc2cn(Cc3ccc(C(=O)Nc4ccccc4N)cc3)nc2cc1OC. The number of anilines is 5. The Bertz CT molecular complexity index is 2770. The Balaban J connectivity index is 0.000000181. The van der Waals surface area contributed by atoms with Crippen LogP contribution in [0.4, 0.5) is 28.4 Å². The quantitative estimate of drug-likeness (QED) is 0.0811. The van der Waals surface area contributed by atoms with Crippen LogP contribution < -0.4 is 36.9 Å². The topological polar surface area (TPSA) is 193 Å². The Kier molecular flexibility index (Phi) is 12.0. The Morgan fingerprint density at radius 3 is 1.52 bits per heavy atom. The number of carbonyl (C=O) groups is 3. The Morgan fingerprint density at radius 2 is 1.03 bits per heavy atom. The first-order valence-electron chi connectivity index (χ1n) is 18.9. The lowest BCUT2D eigenvalue weighted by molar-refractivity contribution is -0.114. The molecular formula is C46H43N9O5.